The highest BCUT2D eigenvalue weighted by molar-refractivity contribution is 6.07. The van der Waals surface area contributed by atoms with Crippen molar-refractivity contribution in [3.8, 4) is 44.5 Å². The zero-order valence-electron chi connectivity index (χ0n) is 66.2. The van der Waals surface area contributed by atoms with E-state index < -0.39 is 0 Å². The number of aryl methyl sites for hydroxylation is 10. The maximum atomic E-state index is 6.03. The van der Waals surface area contributed by atoms with Gasteiger partial charge in [-0.2, -0.15) is 0 Å². The first-order chi connectivity index (χ1) is 50.8. The smallest absolute Gasteiger partial charge is 0.0771 e. The molecule has 13 rings (SSSR count). The molecule has 8 nitrogen and oxygen atoms in total. The van der Waals surface area contributed by atoms with E-state index in [4.69, 9.17) is 19.9 Å². The molecule has 0 spiro atoms. The van der Waals surface area contributed by atoms with Crippen LogP contribution in [-0.2, 0) is 64.2 Å². The van der Waals surface area contributed by atoms with Crippen LogP contribution in [0.3, 0.4) is 0 Å². The van der Waals surface area contributed by atoms with Gasteiger partial charge >= 0.3 is 0 Å². The number of aromatic amines is 4. The summed E-state index contributed by atoms with van der Waals surface area (Å²) in [6.45, 7) is 41.8. The van der Waals surface area contributed by atoms with Crippen molar-refractivity contribution in [3.05, 3.63) is 198 Å². The van der Waals surface area contributed by atoms with E-state index in [1.165, 1.54) is 134 Å². The average Bonchev–Trinajstić information content (AvgIpc) is 1.59. The summed E-state index contributed by atoms with van der Waals surface area (Å²) < 4.78 is 0. The van der Waals surface area contributed by atoms with Crippen LogP contribution in [-0.4, -0.2) is 39.9 Å². The molecular weight excluding hydrogens is 1270 g/mol. The summed E-state index contributed by atoms with van der Waals surface area (Å²) >= 11 is 0. The Hall–Kier alpha value is -9.14. The van der Waals surface area contributed by atoms with Crippen LogP contribution >= 0.6 is 0 Å². The minimum atomic E-state index is 0.840. The van der Waals surface area contributed by atoms with Gasteiger partial charge < -0.3 is 19.9 Å². The molecule has 0 amide bonds. The predicted molar refractivity (Wildman–Crippen MR) is 450 cm³/mol. The molecule has 0 saturated heterocycles. The summed E-state index contributed by atoms with van der Waals surface area (Å²) in [5.74, 6) is 0. The van der Waals surface area contributed by atoms with Gasteiger partial charge in [-0.25, -0.2) is 19.9 Å². The van der Waals surface area contributed by atoms with E-state index in [9.17, 15) is 0 Å². The number of nitrogens with one attached hydrogen (secondary N) is 4. The molecule has 4 aliphatic heterocycles. The fourth-order valence-electron chi connectivity index (χ4n) is 18.7. The van der Waals surface area contributed by atoms with Crippen LogP contribution in [0.25, 0.3) is 133 Å². The Morgan fingerprint density at radius 3 is 0.587 bits per heavy atom. The van der Waals surface area contributed by atoms with Crippen LogP contribution in [0, 0.1) is 0 Å². The van der Waals surface area contributed by atoms with Crippen LogP contribution in [0.1, 0.15) is 290 Å². The molecule has 10 heterocycles. The van der Waals surface area contributed by atoms with Gasteiger partial charge in [-0.15, -0.1) is 0 Å². The highest BCUT2D eigenvalue weighted by Crippen LogP contribution is 2.50. The van der Waals surface area contributed by atoms with Crippen LogP contribution in [0.15, 0.2) is 97.1 Å². The van der Waals surface area contributed by atoms with Crippen molar-refractivity contribution in [2.24, 2.45) is 0 Å². The molecule has 0 atom stereocenters. The number of nitrogens with zero attached hydrogens (tertiary/aromatic N) is 4. The van der Waals surface area contributed by atoms with E-state index in [1.807, 2.05) is 0 Å². The predicted octanol–water partition coefficient (Wildman–Crippen LogP) is 26.9. The molecule has 9 aromatic rings. The molecule has 16 bridgehead atoms. The van der Waals surface area contributed by atoms with Crippen molar-refractivity contribution in [2.75, 3.05) is 0 Å². The second kappa shape index (κ2) is 31.3. The van der Waals surface area contributed by atoms with Crippen LogP contribution < -0.4 is 0 Å². The Morgan fingerprint density at radius 2 is 0.413 bits per heavy atom. The molecule has 4 aliphatic rings. The number of benzene rings is 3. The number of hydrogen-bond donors (Lipinski definition) is 4. The van der Waals surface area contributed by atoms with Gasteiger partial charge in [0.15, 0.2) is 0 Å². The fourth-order valence-corrected chi connectivity index (χ4v) is 18.7. The Kier molecular flexibility index (Phi) is 22.0. The molecule has 0 unspecified atom stereocenters. The lowest BCUT2D eigenvalue weighted by molar-refractivity contribution is 0.922. The highest BCUT2D eigenvalue weighted by Gasteiger charge is 2.32. The quantitative estimate of drug-likeness (QED) is 0.0482. The molecule has 0 aliphatic carbocycles. The largest absolute Gasteiger partial charge is 0.354 e. The zero-order chi connectivity index (χ0) is 73.4. The number of H-pyrrole nitrogens is 4. The molecule has 0 radical (unpaired) electrons. The van der Waals surface area contributed by atoms with Gasteiger partial charge in [-0.1, -0.05) is 210 Å². The SMILES string of the molecule is CCCc1ccc(-c2c3nc(cc4[nH]c(c(CC)c4CC)c(-c4ccc(-c5c6nc(cc7[nH]c(c(CC)c7CC)c(-c7ccc(CCC)cc7)c7nc(cc8[nH]c5c(CC)c8CC)C(CC)=C7CC)C(CC)=C6CC)cc4)c4nc(cc5[nH]c2c(CC)c5CC)C(CC)=C4CC)C(CC)=C3CC)cc1. The number of aromatic nitrogens is 8. The first kappa shape index (κ1) is 73.2. The van der Waals surface area contributed by atoms with Gasteiger partial charge in [0.25, 0.3) is 0 Å². The maximum absolute atomic E-state index is 6.03. The number of hydrogen-bond acceptors (Lipinski definition) is 4. The maximum Gasteiger partial charge on any atom is 0.0771 e. The van der Waals surface area contributed by atoms with Crippen molar-refractivity contribution in [1.82, 2.24) is 39.9 Å². The number of allylic oxidation sites excluding steroid dienone is 8. The topological polar surface area (TPSA) is 115 Å². The Bertz CT molecular complexity index is 4970. The lowest BCUT2D eigenvalue weighted by Crippen LogP contribution is -1.95. The van der Waals surface area contributed by atoms with E-state index in [-0.39, 0.29) is 0 Å². The van der Waals surface area contributed by atoms with Crippen molar-refractivity contribution in [1.29, 1.82) is 0 Å². The van der Waals surface area contributed by atoms with Crippen molar-refractivity contribution < 1.29 is 0 Å². The first-order valence-electron chi connectivity index (χ1n) is 40.7. The van der Waals surface area contributed by atoms with Gasteiger partial charge in [0.2, 0.25) is 0 Å². The summed E-state index contributed by atoms with van der Waals surface area (Å²) in [6.07, 6.45) is 18.2. The fraction of sp³-hybridized carbons (Fsp3) is 0.396. The van der Waals surface area contributed by atoms with Gasteiger partial charge in [0.05, 0.1) is 67.6 Å². The zero-order valence-corrected chi connectivity index (χ0v) is 66.2. The van der Waals surface area contributed by atoms with Crippen molar-refractivity contribution in [3.63, 3.8) is 0 Å². The Balaban J connectivity index is 1.15. The van der Waals surface area contributed by atoms with Crippen molar-refractivity contribution in [2.45, 2.75) is 253 Å². The van der Waals surface area contributed by atoms with Gasteiger partial charge in [-0.05, 0) is 262 Å². The number of fused-ring (bicyclic) bond motifs is 16. The monoisotopic (exact) mass is 1380 g/mol. The van der Waals surface area contributed by atoms with Crippen LogP contribution in [0.4, 0.5) is 0 Å². The Labute approximate surface area is 620 Å². The van der Waals surface area contributed by atoms with E-state index in [2.05, 4.69) is 242 Å². The van der Waals surface area contributed by atoms with Crippen LogP contribution in [0.5, 0.6) is 0 Å². The summed E-state index contributed by atoms with van der Waals surface area (Å²) in [4.78, 5) is 40.8. The van der Waals surface area contributed by atoms with E-state index in [0.29, 0.717) is 0 Å². The van der Waals surface area contributed by atoms with Crippen molar-refractivity contribution >= 4 is 88.7 Å². The minimum absolute atomic E-state index is 0.840. The molecule has 4 N–H and O–H groups in total. The molecule has 3 aromatic carbocycles. The highest BCUT2D eigenvalue weighted by atomic mass is 14.8. The van der Waals surface area contributed by atoms with Crippen LogP contribution in [0.2, 0.25) is 0 Å². The molecular formula is C96H114N8. The second-order valence-corrected chi connectivity index (χ2v) is 28.9. The average molecular weight is 1380 g/mol. The molecule has 8 heteroatoms. The van der Waals surface area contributed by atoms with E-state index >= 15 is 0 Å². The molecule has 104 heavy (non-hydrogen) atoms. The van der Waals surface area contributed by atoms with Gasteiger partial charge in [0.1, 0.15) is 0 Å². The lowest BCUT2D eigenvalue weighted by Gasteiger charge is -2.13. The normalized spacial score (nSPS) is 13.3. The summed E-state index contributed by atoms with van der Waals surface area (Å²) in [7, 11) is 0. The molecule has 0 saturated carbocycles. The van der Waals surface area contributed by atoms with Gasteiger partial charge in [-0.3, -0.25) is 0 Å². The number of rotatable bonds is 24. The summed E-state index contributed by atoms with van der Waals surface area (Å²) in [5.41, 5.74) is 51.1. The summed E-state index contributed by atoms with van der Waals surface area (Å²) in [5, 5.41) is 0. The summed E-state index contributed by atoms with van der Waals surface area (Å²) in [6, 6.07) is 38.1. The van der Waals surface area contributed by atoms with Gasteiger partial charge in [0, 0.05) is 44.3 Å². The standard InChI is InChI=1S/C96H114N8/c1-19-37-55-39-43-57(44-40-55)85-89-69(29-11)61(21-3)77(97-89)51-81-65(25-7)73(33-15)93(101-81)87(94-74(34-16)66(26-8)82(102-94)52-78-62(22-4)70(30-12)90(85)98-78)59-47-49-60(50-48-59)88-95-75(35-17)67(27-9)83(103-95)53-79-63(23-5)71(31-13)91(99-79)86(58-45-41-56(38-20-2)42-46-58)92-72(32-14)64(24-6)80(100-92)54-84-68(28-10)76(36-18)96(88)104-84/h39-54,97,99,102,104H,19-38H2,1-18H3. The third kappa shape index (κ3) is 12.5. The molecule has 538 valence electrons. The van der Waals surface area contributed by atoms with E-state index in [1.54, 1.807) is 0 Å². The first-order valence-corrected chi connectivity index (χ1v) is 40.7. The van der Waals surface area contributed by atoms with E-state index in [0.717, 1.165) is 229 Å². The molecule has 0 fully saturated rings. The lowest BCUT2D eigenvalue weighted by atomic mass is 9.90. The Morgan fingerprint density at radius 1 is 0.221 bits per heavy atom. The minimum Gasteiger partial charge on any atom is -0.354 e. The third-order valence-electron chi connectivity index (χ3n) is 23.5. The second-order valence-electron chi connectivity index (χ2n) is 28.9. The third-order valence-corrected chi connectivity index (χ3v) is 23.5. The molecule has 6 aromatic heterocycles.